The maximum absolute atomic E-state index is 13.6. The Morgan fingerprint density at radius 3 is 2.83 bits per heavy atom. The summed E-state index contributed by atoms with van der Waals surface area (Å²) in [4.78, 5) is 29.0. The number of carbonyl (C=O) groups is 1. The van der Waals surface area contributed by atoms with Crippen molar-refractivity contribution in [3.05, 3.63) is 46.4 Å². The number of carbonyl (C=O) groups excluding carboxylic acids is 1. The van der Waals surface area contributed by atoms with E-state index >= 15 is 0 Å². The number of ether oxygens (including phenoxy) is 1. The summed E-state index contributed by atoms with van der Waals surface area (Å²) >= 11 is 0. The van der Waals surface area contributed by atoms with E-state index in [9.17, 15) is 18.4 Å². The number of rotatable bonds is 5. The predicted molar refractivity (Wildman–Crippen MR) is 99.5 cm³/mol. The Hall–Kier alpha value is -3.04. The molecule has 8 nitrogen and oxygen atoms in total. The van der Waals surface area contributed by atoms with Crippen LogP contribution in [0.4, 0.5) is 8.78 Å². The number of imidazole rings is 1. The first-order valence-corrected chi connectivity index (χ1v) is 9.56. The van der Waals surface area contributed by atoms with Gasteiger partial charge in [-0.3, -0.25) is 13.9 Å². The molecule has 4 rings (SSSR count). The lowest BCUT2D eigenvalue weighted by atomic mass is 10.2. The summed E-state index contributed by atoms with van der Waals surface area (Å²) < 4.78 is 35.9. The Kier molecular flexibility index (Phi) is 5.16. The van der Waals surface area contributed by atoms with Crippen LogP contribution >= 0.6 is 0 Å². The minimum atomic E-state index is -2.83. The summed E-state index contributed by atoms with van der Waals surface area (Å²) in [5, 5.41) is 4.24. The fraction of sp³-hybridized carbons (Fsp3) is 0.474. The molecule has 0 aliphatic carbocycles. The summed E-state index contributed by atoms with van der Waals surface area (Å²) in [6, 6.07) is 6.48. The summed E-state index contributed by atoms with van der Waals surface area (Å²) in [6.07, 6.45) is 2.55. The molecule has 1 aliphatic rings. The Morgan fingerprint density at radius 1 is 1.24 bits per heavy atom. The van der Waals surface area contributed by atoms with Gasteiger partial charge in [0.05, 0.1) is 11.0 Å². The van der Waals surface area contributed by atoms with Crippen molar-refractivity contribution in [3.8, 4) is 0 Å². The molecule has 3 aromatic rings. The molecule has 0 bridgehead atoms. The van der Waals surface area contributed by atoms with Crippen molar-refractivity contribution in [2.24, 2.45) is 0 Å². The van der Waals surface area contributed by atoms with E-state index in [1.807, 2.05) is 0 Å². The maximum atomic E-state index is 13.6. The van der Waals surface area contributed by atoms with Crippen molar-refractivity contribution < 1.29 is 18.3 Å². The van der Waals surface area contributed by atoms with Crippen LogP contribution in [0.2, 0.25) is 0 Å². The second-order valence-electron chi connectivity index (χ2n) is 7.06. The van der Waals surface area contributed by atoms with E-state index in [1.54, 1.807) is 22.8 Å². The number of fused-ring (bicyclic) bond motifs is 2. The van der Waals surface area contributed by atoms with Crippen molar-refractivity contribution in [2.75, 3.05) is 0 Å². The largest absolute Gasteiger partial charge is 0.453 e. The van der Waals surface area contributed by atoms with Gasteiger partial charge in [0, 0.05) is 13.0 Å². The monoisotopic (exact) mass is 405 g/mol. The predicted octanol–water partition coefficient (Wildman–Crippen LogP) is 2.82. The number of aryl methyl sites for hydroxylation is 1. The SMILES string of the molecule is CC(OC(=O)Cn1nc2n(c1=O)CCCCC2)c1nc2ccccc2n1C(F)F. The summed E-state index contributed by atoms with van der Waals surface area (Å²) in [6.45, 7) is -1.15. The van der Waals surface area contributed by atoms with Crippen molar-refractivity contribution in [3.63, 3.8) is 0 Å². The van der Waals surface area contributed by atoms with Gasteiger partial charge in [0.2, 0.25) is 0 Å². The number of esters is 1. The highest BCUT2D eigenvalue weighted by Gasteiger charge is 2.25. The van der Waals surface area contributed by atoms with Gasteiger partial charge in [0.1, 0.15) is 12.4 Å². The minimum absolute atomic E-state index is 0.0532. The smallest absolute Gasteiger partial charge is 0.346 e. The van der Waals surface area contributed by atoms with Crippen molar-refractivity contribution in [1.29, 1.82) is 0 Å². The first-order chi connectivity index (χ1) is 14.0. The van der Waals surface area contributed by atoms with Gasteiger partial charge in [0.25, 0.3) is 0 Å². The van der Waals surface area contributed by atoms with E-state index in [1.165, 1.54) is 13.0 Å². The molecule has 0 spiro atoms. The van der Waals surface area contributed by atoms with Crippen LogP contribution in [0.25, 0.3) is 11.0 Å². The number of para-hydroxylation sites is 2. The van der Waals surface area contributed by atoms with E-state index in [0.29, 0.717) is 24.3 Å². The third kappa shape index (κ3) is 3.66. The molecule has 0 N–H and O–H groups in total. The van der Waals surface area contributed by atoms with Gasteiger partial charge < -0.3 is 4.74 Å². The molecule has 10 heteroatoms. The third-order valence-electron chi connectivity index (χ3n) is 5.05. The fourth-order valence-corrected chi connectivity index (χ4v) is 3.69. The van der Waals surface area contributed by atoms with Crippen LogP contribution in [0, 0.1) is 0 Å². The first kappa shape index (κ1) is 19.3. The Balaban J connectivity index is 1.53. The van der Waals surface area contributed by atoms with Crippen LogP contribution in [0.3, 0.4) is 0 Å². The summed E-state index contributed by atoms with van der Waals surface area (Å²) in [5.41, 5.74) is 0.292. The Labute approximate surface area is 164 Å². The highest BCUT2D eigenvalue weighted by molar-refractivity contribution is 5.76. The molecule has 0 radical (unpaired) electrons. The Morgan fingerprint density at radius 2 is 2.03 bits per heavy atom. The zero-order valence-corrected chi connectivity index (χ0v) is 15.9. The van der Waals surface area contributed by atoms with Crippen LogP contribution < -0.4 is 5.69 Å². The van der Waals surface area contributed by atoms with E-state index < -0.39 is 18.6 Å². The average Bonchev–Trinajstić information content (AvgIpc) is 3.11. The third-order valence-corrected chi connectivity index (χ3v) is 5.05. The number of alkyl halides is 2. The second kappa shape index (κ2) is 7.76. The minimum Gasteiger partial charge on any atom is -0.453 e. The summed E-state index contributed by atoms with van der Waals surface area (Å²) in [7, 11) is 0. The van der Waals surface area contributed by atoms with Gasteiger partial charge >= 0.3 is 18.2 Å². The van der Waals surface area contributed by atoms with E-state index in [0.717, 1.165) is 28.5 Å². The maximum Gasteiger partial charge on any atom is 0.346 e. The molecule has 0 fully saturated rings. The normalized spacial score (nSPS) is 15.3. The standard InChI is InChI=1S/C19H21F2N5O3/c1-12(17-22-13-7-4-5-8-14(13)26(17)18(20)21)29-16(27)11-25-19(28)24-10-6-2-3-9-15(24)23-25/h4-5,7-8,12,18H,2-3,6,9-11H2,1H3. The van der Waals surface area contributed by atoms with Crippen molar-refractivity contribution >= 4 is 17.0 Å². The van der Waals surface area contributed by atoms with Gasteiger partial charge in [-0.1, -0.05) is 18.6 Å². The van der Waals surface area contributed by atoms with E-state index in [2.05, 4.69) is 10.1 Å². The van der Waals surface area contributed by atoms with Gasteiger partial charge in [0.15, 0.2) is 11.9 Å². The lowest BCUT2D eigenvalue weighted by molar-refractivity contribution is -0.150. The highest BCUT2D eigenvalue weighted by Crippen LogP contribution is 2.28. The lowest BCUT2D eigenvalue weighted by Gasteiger charge is -2.15. The molecule has 2 aromatic heterocycles. The van der Waals surface area contributed by atoms with Gasteiger partial charge in [-0.25, -0.2) is 14.5 Å². The number of hydrogen-bond donors (Lipinski definition) is 0. The van der Waals surface area contributed by atoms with Crippen molar-refractivity contribution in [2.45, 2.75) is 58.3 Å². The van der Waals surface area contributed by atoms with Gasteiger partial charge in [-0.15, -0.1) is 0 Å². The number of halogens is 2. The number of benzene rings is 1. The van der Waals surface area contributed by atoms with Gasteiger partial charge in [-0.05, 0) is 31.9 Å². The lowest BCUT2D eigenvalue weighted by Crippen LogP contribution is -2.29. The zero-order chi connectivity index (χ0) is 20.5. The quantitative estimate of drug-likeness (QED) is 0.610. The molecule has 0 saturated heterocycles. The highest BCUT2D eigenvalue weighted by atomic mass is 19.3. The van der Waals surface area contributed by atoms with Crippen LogP contribution in [0.15, 0.2) is 29.1 Å². The molecule has 1 aromatic carbocycles. The fourth-order valence-electron chi connectivity index (χ4n) is 3.69. The molecule has 0 saturated carbocycles. The van der Waals surface area contributed by atoms with Crippen LogP contribution in [-0.4, -0.2) is 29.9 Å². The molecule has 1 unspecified atom stereocenters. The number of nitrogens with zero attached hydrogens (tertiary/aromatic N) is 5. The molecule has 1 atom stereocenters. The van der Waals surface area contributed by atoms with Crippen molar-refractivity contribution in [1.82, 2.24) is 23.9 Å². The molecular formula is C19H21F2N5O3. The van der Waals surface area contributed by atoms with Crippen LogP contribution in [0.1, 0.15) is 50.5 Å². The van der Waals surface area contributed by atoms with Crippen LogP contribution in [0.5, 0.6) is 0 Å². The molecule has 3 heterocycles. The van der Waals surface area contributed by atoms with Gasteiger partial charge in [-0.2, -0.15) is 13.9 Å². The molecule has 29 heavy (non-hydrogen) atoms. The second-order valence-corrected chi connectivity index (χ2v) is 7.06. The number of hydrogen-bond acceptors (Lipinski definition) is 5. The zero-order valence-electron chi connectivity index (χ0n) is 15.9. The van der Waals surface area contributed by atoms with E-state index in [-0.39, 0.29) is 23.6 Å². The summed E-state index contributed by atoms with van der Waals surface area (Å²) in [5.74, 6) is -0.129. The number of aromatic nitrogens is 5. The molecular weight excluding hydrogens is 384 g/mol. The van der Waals surface area contributed by atoms with E-state index in [4.69, 9.17) is 4.74 Å². The van der Waals surface area contributed by atoms with Crippen LogP contribution in [-0.2, 0) is 29.0 Å². The Bertz CT molecular complexity index is 1100. The molecule has 0 amide bonds. The average molecular weight is 405 g/mol. The topological polar surface area (TPSA) is 83.9 Å². The molecule has 154 valence electrons. The molecule has 1 aliphatic heterocycles. The first-order valence-electron chi connectivity index (χ1n) is 9.56.